The maximum Gasteiger partial charge on any atom is 0.268 e. The number of amides is 2. The summed E-state index contributed by atoms with van der Waals surface area (Å²) in [5.74, 6) is -2.29. The van der Waals surface area contributed by atoms with Crippen LogP contribution in [0.1, 0.15) is 12.5 Å². The van der Waals surface area contributed by atoms with Crippen molar-refractivity contribution in [3.8, 4) is 0 Å². The summed E-state index contributed by atoms with van der Waals surface area (Å²) in [6.07, 6.45) is 0. The first-order valence-corrected chi connectivity index (χ1v) is 10.0. The van der Waals surface area contributed by atoms with Crippen LogP contribution < -0.4 is 5.32 Å². The zero-order valence-corrected chi connectivity index (χ0v) is 16.5. The summed E-state index contributed by atoms with van der Waals surface area (Å²) in [6.45, 7) is 0.652. The summed E-state index contributed by atoms with van der Waals surface area (Å²) < 4.78 is 40.4. The molecule has 1 heterocycles. The van der Waals surface area contributed by atoms with Gasteiger partial charge in [-0.25, -0.2) is 17.1 Å². The van der Waals surface area contributed by atoms with Crippen molar-refractivity contribution in [2.75, 3.05) is 11.9 Å². The van der Waals surface area contributed by atoms with Gasteiger partial charge in [-0.15, -0.1) is 0 Å². The van der Waals surface area contributed by atoms with Crippen molar-refractivity contribution in [1.82, 2.24) is 4.31 Å². The largest absolute Gasteiger partial charge is 0.322 e. The maximum absolute atomic E-state index is 13.8. The first-order chi connectivity index (χ1) is 12.7. The van der Waals surface area contributed by atoms with Crippen molar-refractivity contribution in [3.63, 3.8) is 0 Å². The minimum absolute atomic E-state index is 0.0313. The number of sulfonamides is 1. The van der Waals surface area contributed by atoms with Gasteiger partial charge in [-0.2, -0.15) is 0 Å². The van der Waals surface area contributed by atoms with E-state index in [2.05, 4.69) is 21.2 Å². The highest BCUT2D eigenvalue weighted by molar-refractivity contribution is 9.10. The van der Waals surface area contributed by atoms with Crippen molar-refractivity contribution in [2.24, 2.45) is 0 Å². The minimum Gasteiger partial charge on any atom is -0.322 e. The second kappa shape index (κ2) is 7.24. The van der Waals surface area contributed by atoms with Gasteiger partial charge in [0, 0.05) is 10.0 Å². The lowest BCUT2D eigenvalue weighted by atomic mass is 10.1. The van der Waals surface area contributed by atoms with E-state index in [0.29, 0.717) is 14.3 Å². The van der Waals surface area contributed by atoms with Gasteiger partial charge < -0.3 is 5.32 Å². The van der Waals surface area contributed by atoms with E-state index in [1.54, 1.807) is 30.3 Å². The Hall–Kier alpha value is -2.52. The van der Waals surface area contributed by atoms with Gasteiger partial charge in [-0.05, 0) is 30.7 Å². The molecule has 0 unspecified atom stereocenters. The van der Waals surface area contributed by atoms with E-state index in [-0.39, 0.29) is 16.2 Å². The lowest BCUT2D eigenvalue weighted by Crippen LogP contribution is -2.38. The Morgan fingerprint density at radius 1 is 1.19 bits per heavy atom. The fourth-order valence-electron chi connectivity index (χ4n) is 2.72. The Morgan fingerprint density at radius 3 is 2.48 bits per heavy atom. The lowest BCUT2D eigenvalue weighted by Gasteiger charge is -2.16. The van der Waals surface area contributed by atoms with Crippen molar-refractivity contribution >= 4 is 48.4 Å². The quantitative estimate of drug-likeness (QED) is 0.771. The van der Waals surface area contributed by atoms with E-state index in [1.807, 2.05) is 0 Å². The minimum atomic E-state index is -4.18. The number of rotatable bonds is 4. The zero-order chi connectivity index (χ0) is 19.8. The van der Waals surface area contributed by atoms with Gasteiger partial charge in [0.2, 0.25) is 5.91 Å². The molecule has 1 N–H and O–H groups in total. The number of halogens is 2. The van der Waals surface area contributed by atoms with Crippen molar-refractivity contribution in [3.05, 3.63) is 70.0 Å². The van der Waals surface area contributed by atoms with Gasteiger partial charge in [0.25, 0.3) is 15.9 Å². The molecule has 9 heteroatoms. The van der Waals surface area contributed by atoms with Gasteiger partial charge in [0.1, 0.15) is 17.3 Å². The van der Waals surface area contributed by atoms with Gasteiger partial charge >= 0.3 is 0 Å². The Morgan fingerprint density at radius 2 is 1.85 bits per heavy atom. The first kappa shape index (κ1) is 19.2. The molecule has 1 aliphatic heterocycles. The summed E-state index contributed by atoms with van der Waals surface area (Å²) in [6, 6.07) is 12.2. The van der Waals surface area contributed by atoms with Crippen LogP contribution in [0.2, 0.25) is 0 Å². The first-order valence-electron chi connectivity index (χ1n) is 7.80. The number of anilines is 1. The number of nitrogens with one attached hydrogen (secondary N) is 1. The molecule has 2 aromatic carbocycles. The van der Waals surface area contributed by atoms with Gasteiger partial charge in [0.15, 0.2) is 0 Å². The number of nitrogens with zero attached hydrogens (tertiary/aromatic N) is 1. The van der Waals surface area contributed by atoms with E-state index in [1.165, 1.54) is 19.1 Å². The monoisotopic (exact) mass is 452 g/mol. The topological polar surface area (TPSA) is 83.6 Å². The number of carbonyl (C=O) groups is 2. The Kier molecular flexibility index (Phi) is 5.16. The highest BCUT2D eigenvalue weighted by Gasteiger charge is 2.43. The molecule has 0 spiro atoms. The maximum atomic E-state index is 13.8. The second-order valence-corrected chi connectivity index (χ2v) is 8.52. The summed E-state index contributed by atoms with van der Waals surface area (Å²) in [7, 11) is -4.18. The molecule has 0 aliphatic carbocycles. The van der Waals surface area contributed by atoms with E-state index in [0.717, 1.165) is 6.07 Å². The lowest BCUT2D eigenvalue weighted by molar-refractivity contribution is -0.126. The number of benzene rings is 2. The van der Waals surface area contributed by atoms with Crippen LogP contribution in [-0.2, 0) is 19.6 Å². The third-order valence-corrected chi connectivity index (χ3v) is 6.39. The molecule has 2 aromatic rings. The van der Waals surface area contributed by atoms with Crippen molar-refractivity contribution < 1.29 is 22.4 Å². The van der Waals surface area contributed by atoms with Crippen molar-refractivity contribution in [2.45, 2.75) is 6.92 Å². The van der Waals surface area contributed by atoms with Gasteiger partial charge in [-0.1, -0.05) is 46.3 Å². The fourth-order valence-corrected chi connectivity index (χ4v) is 4.82. The molecule has 27 heavy (non-hydrogen) atoms. The molecule has 1 aliphatic rings. The van der Waals surface area contributed by atoms with Crippen LogP contribution in [0.25, 0.3) is 4.91 Å². The average Bonchev–Trinajstić information content (AvgIpc) is 2.78. The van der Waals surface area contributed by atoms with Crippen molar-refractivity contribution in [1.29, 1.82) is 0 Å². The molecular weight excluding hydrogens is 439 g/mol. The normalized spacial score (nSPS) is 16.0. The highest BCUT2D eigenvalue weighted by atomic mass is 79.9. The molecule has 2 amide bonds. The van der Waals surface area contributed by atoms with E-state index in [9.17, 15) is 22.4 Å². The Labute approximate surface area is 163 Å². The molecule has 140 valence electrons. The Bertz CT molecular complexity index is 1070. The fraction of sp³-hybridized carbons (Fsp3) is 0.111. The van der Waals surface area contributed by atoms with E-state index >= 15 is 0 Å². The molecular formula is C18H14BrFN2O4S. The van der Waals surface area contributed by atoms with Crippen LogP contribution in [0, 0.1) is 5.82 Å². The third kappa shape index (κ3) is 3.65. The number of carbonyl (C=O) groups excluding carboxylic acids is 2. The van der Waals surface area contributed by atoms with E-state index in [4.69, 9.17) is 0 Å². The van der Waals surface area contributed by atoms with Crippen LogP contribution in [0.15, 0.2) is 58.6 Å². The van der Waals surface area contributed by atoms with Gasteiger partial charge in [-0.3, -0.25) is 9.59 Å². The average molecular weight is 453 g/mol. The van der Waals surface area contributed by atoms with Crippen LogP contribution >= 0.6 is 15.9 Å². The summed E-state index contributed by atoms with van der Waals surface area (Å²) in [5.41, 5.74) is 0.286. The molecule has 3 rings (SSSR count). The van der Waals surface area contributed by atoms with E-state index < -0.39 is 34.2 Å². The highest BCUT2D eigenvalue weighted by Crippen LogP contribution is 2.35. The molecule has 0 aromatic heterocycles. The summed E-state index contributed by atoms with van der Waals surface area (Å²) >= 11 is 3.10. The standard InChI is InChI=1S/C18H14BrFN2O4S/c1-11-17(12-5-3-2-4-6-12)27(25,26)22(18(11)24)10-16(23)21-15-8-7-13(19)9-14(15)20/h2-9H,10H2,1H3,(H,21,23). The van der Waals surface area contributed by atoms with Crippen LogP contribution in [0.3, 0.4) is 0 Å². The third-order valence-electron chi connectivity index (χ3n) is 3.96. The summed E-state index contributed by atoms with van der Waals surface area (Å²) in [5, 5.41) is 2.28. The second-order valence-electron chi connectivity index (χ2n) is 5.81. The number of hydrogen-bond acceptors (Lipinski definition) is 4. The molecule has 0 fully saturated rings. The molecule has 0 saturated heterocycles. The molecule has 0 radical (unpaired) electrons. The SMILES string of the molecule is CC1=C(c2ccccc2)S(=O)(=O)N(CC(=O)Nc2ccc(Br)cc2F)C1=O. The Balaban J connectivity index is 1.84. The number of hydrogen-bond donors (Lipinski definition) is 1. The predicted molar refractivity (Wildman–Crippen MR) is 102 cm³/mol. The molecule has 6 nitrogen and oxygen atoms in total. The smallest absolute Gasteiger partial charge is 0.268 e. The van der Waals surface area contributed by atoms with Crippen LogP contribution in [0.5, 0.6) is 0 Å². The molecule has 0 atom stereocenters. The molecule has 0 saturated carbocycles. The summed E-state index contributed by atoms with van der Waals surface area (Å²) in [4.78, 5) is 24.5. The zero-order valence-electron chi connectivity index (χ0n) is 14.1. The predicted octanol–water partition coefficient (Wildman–Crippen LogP) is 3.13. The molecule has 0 bridgehead atoms. The van der Waals surface area contributed by atoms with Gasteiger partial charge in [0.05, 0.1) is 5.69 Å². The van der Waals surface area contributed by atoms with Crippen LogP contribution in [-0.4, -0.2) is 31.1 Å². The van der Waals surface area contributed by atoms with Crippen LogP contribution in [0.4, 0.5) is 10.1 Å².